The number of nitrogens with one attached hydrogen (secondary N) is 1. The van der Waals surface area contributed by atoms with E-state index < -0.39 is 29.9 Å². The Hall–Kier alpha value is -6.77. The van der Waals surface area contributed by atoms with Gasteiger partial charge in [0, 0.05) is 107 Å². The molecule has 4 aromatic heterocycles. The first-order chi connectivity index (χ1) is 37.2. The number of hydrogen-bond acceptors (Lipinski definition) is 14. The van der Waals surface area contributed by atoms with Gasteiger partial charge in [-0.05, 0) is 85.9 Å². The number of aliphatic hydroxyl groups is 1. The molecule has 0 aliphatic carbocycles. The number of amides is 3. The van der Waals surface area contributed by atoms with E-state index in [0.717, 1.165) is 80.5 Å². The summed E-state index contributed by atoms with van der Waals surface area (Å²) in [6.07, 6.45) is 3.84. The van der Waals surface area contributed by atoms with Gasteiger partial charge in [-0.3, -0.25) is 24.0 Å². The molecular weight excluding hydrogens is 1000 g/mol. The van der Waals surface area contributed by atoms with E-state index >= 15 is 8.78 Å². The summed E-state index contributed by atoms with van der Waals surface area (Å²) in [5, 5.41) is 23.7. The molecule has 17 nitrogen and oxygen atoms in total. The van der Waals surface area contributed by atoms with Crippen molar-refractivity contribution in [3.63, 3.8) is 0 Å². The molecule has 0 unspecified atom stereocenters. The number of carbonyl (C=O) groups is 3. The van der Waals surface area contributed by atoms with Crippen molar-refractivity contribution in [1.29, 1.82) is 0 Å². The molecule has 20 heteroatoms. The summed E-state index contributed by atoms with van der Waals surface area (Å²) in [6, 6.07) is 14.3. The Morgan fingerprint density at radius 3 is 2.47 bits per heavy atom. The molecule has 6 aliphatic heterocycles. The number of ether oxygens (including phenoxy) is 1. The molecule has 3 amide bonds. The number of alkyl halides is 2. The molecule has 0 radical (unpaired) electrons. The van der Waals surface area contributed by atoms with Crippen LogP contribution in [0.15, 0.2) is 71.0 Å². The van der Waals surface area contributed by atoms with Crippen molar-refractivity contribution in [2.45, 2.75) is 122 Å². The van der Waals surface area contributed by atoms with Gasteiger partial charge in [0.25, 0.3) is 6.43 Å². The Balaban J connectivity index is 0.766. The highest BCUT2D eigenvalue weighted by atomic mass is 32.1. The highest BCUT2D eigenvalue weighted by molar-refractivity contribution is 7.13. The fourth-order valence-corrected chi connectivity index (χ4v) is 13.8. The number of halogens is 2. The van der Waals surface area contributed by atoms with Crippen molar-refractivity contribution in [3.05, 3.63) is 111 Å². The highest BCUT2D eigenvalue weighted by Crippen LogP contribution is 2.53. The molecule has 77 heavy (non-hydrogen) atoms. The summed E-state index contributed by atoms with van der Waals surface area (Å²) >= 11 is 1.58. The molecule has 12 rings (SSSR count). The molecule has 10 heterocycles. The van der Waals surface area contributed by atoms with Crippen LogP contribution in [0.1, 0.15) is 123 Å². The zero-order chi connectivity index (χ0) is 53.4. The Morgan fingerprint density at radius 2 is 1.74 bits per heavy atom. The van der Waals surface area contributed by atoms with E-state index in [1.807, 2.05) is 79.4 Å². The normalized spacial score (nSPS) is 20.9. The second-order valence-electron chi connectivity index (χ2n) is 22.3. The van der Waals surface area contributed by atoms with Crippen LogP contribution in [0, 0.1) is 12.8 Å². The summed E-state index contributed by atoms with van der Waals surface area (Å²) in [5.74, 6) is -0.0316. The van der Waals surface area contributed by atoms with Crippen molar-refractivity contribution in [2.75, 3.05) is 67.2 Å². The molecule has 2 aromatic carbocycles. The minimum absolute atomic E-state index is 0.00125. The Kier molecular flexibility index (Phi) is 13.4. The van der Waals surface area contributed by atoms with Gasteiger partial charge in [-0.25, -0.2) is 13.8 Å². The van der Waals surface area contributed by atoms with Crippen LogP contribution >= 0.6 is 11.3 Å². The number of anilines is 5. The average Bonchev–Trinajstić information content (AvgIpc) is 4.39. The monoisotopic (exact) mass is 1070 g/mol. The van der Waals surface area contributed by atoms with Gasteiger partial charge < -0.3 is 44.2 Å². The second kappa shape index (κ2) is 20.2. The first-order valence-electron chi connectivity index (χ1n) is 27.0. The Labute approximate surface area is 450 Å². The number of thiazole rings is 1. The fourth-order valence-electron chi connectivity index (χ4n) is 13.0. The maximum absolute atomic E-state index is 15.7. The summed E-state index contributed by atoms with van der Waals surface area (Å²) in [5.41, 5.74) is 10.3. The van der Waals surface area contributed by atoms with Crippen LogP contribution in [0.2, 0.25) is 0 Å². The molecule has 4 atom stereocenters. The number of fused-ring (bicyclic) bond motifs is 4. The van der Waals surface area contributed by atoms with Gasteiger partial charge in [0.1, 0.15) is 12.0 Å². The zero-order valence-corrected chi connectivity index (χ0v) is 44.9. The Morgan fingerprint density at radius 1 is 0.948 bits per heavy atom. The lowest BCUT2D eigenvalue weighted by molar-refractivity contribution is -0.141. The number of hydrogen-bond donors (Lipinski definition) is 2. The fraction of sp³-hybridized carbons (Fsp3) is 0.491. The van der Waals surface area contributed by atoms with E-state index in [1.54, 1.807) is 42.8 Å². The van der Waals surface area contributed by atoms with Gasteiger partial charge in [0.2, 0.25) is 17.7 Å². The lowest BCUT2D eigenvalue weighted by Crippen LogP contribution is -2.61. The van der Waals surface area contributed by atoms with Crippen molar-refractivity contribution in [2.24, 2.45) is 5.92 Å². The number of rotatable bonds is 12. The summed E-state index contributed by atoms with van der Waals surface area (Å²) in [6.45, 7) is 13.7. The minimum atomic E-state index is -2.78. The smallest absolute Gasteiger partial charge is 0.265 e. The number of likely N-dealkylation sites (tertiary alicyclic amines) is 1. The van der Waals surface area contributed by atoms with Crippen molar-refractivity contribution < 1.29 is 37.5 Å². The quantitative estimate of drug-likeness (QED) is 0.119. The van der Waals surface area contributed by atoms with Crippen LogP contribution in [-0.4, -0.2) is 122 Å². The molecule has 1 spiro atoms. The molecular formula is C57H65F2N11O6S. The summed E-state index contributed by atoms with van der Waals surface area (Å²) in [7, 11) is 0. The maximum atomic E-state index is 15.7. The molecule has 0 saturated carbocycles. The number of benzene rings is 2. The molecule has 3 saturated heterocycles. The lowest BCUT2D eigenvalue weighted by Gasteiger charge is -2.48. The third-order valence-electron chi connectivity index (χ3n) is 17.0. The SMILES string of the molecule is CC(=O)N1CCc2c(c(N3CCCc4cc(N5CC6(CN(c7cc([C@H](C(=O)N8C[C@H](O)C[C@H]8C(=O)N[C@@H](C)c8ccc(-c9scnc9C)cc8)C(C)C)on7)C6)c6ccncc65)c(C(F)F)cc43)nn2C2CCOCC2)C1. The van der Waals surface area contributed by atoms with Crippen molar-refractivity contribution in [3.8, 4) is 10.4 Å². The van der Waals surface area contributed by atoms with Crippen LogP contribution in [0.3, 0.4) is 0 Å². The molecule has 3 fully saturated rings. The third-order valence-corrected chi connectivity index (χ3v) is 18.0. The maximum Gasteiger partial charge on any atom is 0.265 e. The van der Waals surface area contributed by atoms with E-state index in [9.17, 15) is 19.5 Å². The summed E-state index contributed by atoms with van der Waals surface area (Å²) in [4.78, 5) is 60.7. The van der Waals surface area contributed by atoms with E-state index in [1.165, 1.54) is 4.90 Å². The van der Waals surface area contributed by atoms with Crippen LogP contribution < -0.4 is 20.0 Å². The predicted octanol–water partition coefficient (Wildman–Crippen LogP) is 8.46. The first kappa shape index (κ1) is 51.0. The van der Waals surface area contributed by atoms with Crippen LogP contribution in [0.4, 0.5) is 37.5 Å². The number of β-amino-alcohol motifs (C(OH)–C–C–N with tert-alkyl or cyclic N) is 1. The predicted molar refractivity (Wildman–Crippen MR) is 287 cm³/mol. The molecule has 404 valence electrons. The number of aryl methyl sites for hydroxylation is 2. The van der Waals surface area contributed by atoms with Crippen molar-refractivity contribution in [1.82, 2.24) is 40.0 Å². The van der Waals surface area contributed by atoms with Gasteiger partial charge in [-0.15, -0.1) is 11.3 Å². The second-order valence-corrected chi connectivity index (χ2v) is 23.1. The first-order valence-corrected chi connectivity index (χ1v) is 27.9. The number of pyridine rings is 1. The van der Waals surface area contributed by atoms with E-state index in [4.69, 9.17) is 14.4 Å². The Bertz CT molecular complexity index is 3220. The van der Waals surface area contributed by atoms with Crippen LogP contribution in [0.5, 0.6) is 0 Å². The number of nitrogens with zero attached hydrogens (tertiary/aromatic N) is 10. The third kappa shape index (κ3) is 9.12. The number of aliphatic hydroxyl groups excluding tert-OH is 1. The van der Waals surface area contributed by atoms with Gasteiger partial charge in [0.05, 0.1) is 63.8 Å². The van der Waals surface area contributed by atoms with E-state index in [0.29, 0.717) is 82.6 Å². The topological polar surface area (TPSA) is 179 Å². The molecule has 6 aliphatic rings. The number of carbonyl (C=O) groups excluding carboxylic acids is 3. The van der Waals surface area contributed by atoms with Gasteiger partial charge >= 0.3 is 0 Å². The number of aromatic nitrogens is 5. The average molecular weight is 1070 g/mol. The highest BCUT2D eigenvalue weighted by Gasteiger charge is 2.53. The molecule has 6 aromatic rings. The molecule has 2 N–H and O–H groups in total. The standard InChI is InChI=1S/C57H65F2N11O6S/c1-32(2)51(56(74)68-26-40(72)22-47(68)55(73)62-33(3)36-8-10-37(11-9-36)52-34(4)61-31-77-52)49-24-50(64-76-49)66-28-57(29-66)30-69(48-25-60-16-12-43(48)57)46-21-38-7-6-17-67(45(38)23-41(46)53(58)59)54-42-27-65(35(5)71)18-13-44(42)70(63-54)39-14-19-75-20-15-39/h8-12,16,21,23-25,31-33,39-40,47,51,53,72H,6-7,13-15,17-20,22,26-30H2,1-5H3,(H,62,73)/t33-,40+,47-,51+/m0/s1. The molecule has 0 bridgehead atoms. The zero-order valence-electron chi connectivity index (χ0n) is 44.1. The van der Waals surface area contributed by atoms with Gasteiger partial charge in [0.15, 0.2) is 17.4 Å². The lowest BCUT2D eigenvalue weighted by atomic mass is 9.75. The minimum Gasteiger partial charge on any atom is -0.391 e. The van der Waals surface area contributed by atoms with E-state index in [-0.39, 0.29) is 54.3 Å². The van der Waals surface area contributed by atoms with E-state index in [2.05, 4.69) is 34.9 Å². The van der Waals surface area contributed by atoms with Crippen molar-refractivity contribution >= 4 is 57.8 Å². The van der Waals surface area contributed by atoms with Crippen LogP contribution in [-0.2, 0) is 43.9 Å². The summed E-state index contributed by atoms with van der Waals surface area (Å²) < 4.78 is 45.2. The van der Waals surface area contributed by atoms with Gasteiger partial charge in [-0.1, -0.05) is 43.3 Å². The largest absolute Gasteiger partial charge is 0.391 e. The van der Waals surface area contributed by atoms with Gasteiger partial charge in [-0.2, -0.15) is 5.10 Å². The van der Waals surface area contributed by atoms with Crippen LogP contribution in [0.25, 0.3) is 10.4 Å².